The second-order valence-electron chi connectivity index (χ2n) is 21.1. The highest BCUT2D eigenvalue weighted by Crippen LogP contribution is 2.47. The molecule has 7 rings (SSSR count). The number of aliphatic hydroxyl groups is 5. The van der Waals surface area contributed by atoms with Crippen molar-refractivity contribution in [3.05, 3.63) is 59.8 Å². The number of carbonyl (C=O) groups is 1. The fraction of sp³-hybridized carbons (Fsp3) is 0.788. The fourth-order valence-electron chi connectivity index (χ4n) is 11.3. The molecular weight excluding hydrogens is 849 g/mol. The number of aliphatic hydroxyl groups excluding tert-OH is 4. The van der Waals surface area contributed by atoms with E-state index in [2.05, 4.69) is 33.4 Å². The predicted octanol–water partition coefficient (Wildman–Crippen LogP) is 6.56. The maximum atomic E-state index is 13.0. The molecule has 1 unspecified atom stereocenters. The van der Waals surface area contributed by atoms with Crippen LogP contribution in [0.1, 0.15) is 138 Å². The summed E-state index contributed by atoms with van der Waals surface area (Å²) in [5.41, 5.74) is 0.374. The molecule has 7 aliphatic heterocycles. The molecule has 7 heterocycles. The minimum Gasteiger partial charge on any atom is -0.459 e. The summed E-state index contributed by atoms with van der Waals surface area (Å²) >= 11 is 0. The molecule has 0 aromatic rings. The van der Waals surface area contributed by atoms with E-state index in [-0.39, 0.29) is 49.8 Å². The zero-order chi connectivity index (χ0) is 47.4. The summed E-state index contributed by atoms with van der Waals surface area (Å²) in [6.45, 7) is 16.6. The van der Waals surface area contributed by atoms with Crippen LogP contribution in [0.2, 0.25) is 0 Å². The maximum absolute atomic E-state index is 13.0. The summed E-state index contributed by atoms with van der Waals surface area (Å²) in [6.07, 6.45) is 15.4. The third-order valence-corrected chi connectivity index (χ3v) is 15.2. The van der Waals surface area contributed by atoms with Crippen LogP contribution >= 0.6 is 0 Å². The van der Waals surface area contributed by atoms with Crippen LogP contribution in [0.15, 0.2) is 59.8 Å². The Morgan fingerprint density at radius 1 is 1.02 bits per heavy atom. The first-order valence-corrected chi connectivity index (χ1v) is 25.0. The molecule has 14 nitrogen and oxygen atoms in total. The van der Waals surface area contributed by atoms with Gasteiger partial charge in [0, 0.05) is 44.6 Å². The Bertz CT molecular complexity index is 1780. The van der Waals surface area contributed by atoms with Gasteiger partial charge < -0.3 is 63.4 Å². The zero-order valence-corrected chi connectivity index (χ0v) is 40.3. The summed E-state index contributed by atoms with van der Waals surface area (Å²) in [7, 11) is 0. The lowest BCUT2D eigenvalue weighted by atomic mass is 9.79. The van der Waals surface area contributed by atoms with Crippen LogP contribution in [-0.4, -0.2) is 135 Å². The van der Waals surface area contributed by atoms with Gasteiger partial charge in [0.25, 0.3) is 0 Å². The SMILES string of the molecule is C=C1[C@@H](O)[C@@H]2O[C@]3(CC[C@H](/C=C/[C@@H](C)C4CC(C)=C[C@]5(O4)O[C@H](C[C@@](C)(O)C(=O)OC/C(C)=C/C=C/CCO)CC[C@H]5O)O3)CC[C@H]2O[C@@H]1[C@@H](O)C[C@H](C)[C@H]1O[C@@]2(CCCCO2)CC[C@H]1C. The number of hydrogen-bond donors (Lipinski definition) is 5. The van der Waals surface area contributed by atoms with E-state index in [9.17, 15) is 25.2 Å². The minimum absolute atomic E-state index is 0.0140. The lowest BCUT2D eigenvalue weighted by molar-refractivity contribution is -0.321. The Morgan fingerprint density at radius 2 is 1.79 bits per heavy atom. The van der Waals surface area contributed by atoms with Crippen molar-refractivity contribution in [2.24, 2.45) is 17.8 Å². The van der Waals surface area contributed by atoms with Crippen LogP contribution in [0.4, 0.5) is 0 Å². The molecule has 3 spiro atoms. The van der Waals surface area contributed by atoms with E-state index in [0.29, 0.717) is 62.9 Å². The second kappa shape index (κ2) is 21.8. The largest absolute Gasteiger partial charge is 0.459 e. The number of esters is 1. The number of hydrogen-bond acceptors (Lipinski definition) is 14. The highest BCUT2D eigenvalue weighted by Gasteiger charge is 2.55. The molecule has 0 aromatic heterocycles. The normalized spacial score (nSPS) is 41.2. The van der Waals surface area contributed by atoms with Gasteiger partial charge in [-0.25, -0.2) is 4.79 Å². The Morgan fingerprint density at radius 3 is 2.55 bits per heavy atom. The van der Waals surface area contributed by atoms with Crippen molar-refractivity contribution in [1.29, 1.82) is 0 Å². The van der Waals surface area contributed by atoms with Gasteiger partial charge in [-0.2, -0.15) is 0 Å². The molecule has 7 aliphatic rings. The topological polar surface area (TPSA) is 192 Å². The van der Waals surface area contributed by atoms with Crippen molar-refractivity contribution < 1.29 is 68.2 Å². The average molecular weight is 929 g/mol. The first-order valence-electron chi connectivity index (χ1n) is 25.0. The molecule has 0 bridgehead atoms. The molecule has 0 saturated carbocycles. The first-order chi connectivity index (χ1) is 31.4. The van der Waals surface area contributed by atoms with Crippen molar-refractivity contribution in [2.75, 3.05) is 19.8 Å². The summed E-state index contributed by atoms with van der Waals surface area (Å²) in [5, 5.41) is 54.7. The molecule has 0 radical (unpaired) electrons. The number of allylic oxidation sites excluding steroid dienone is 2. The van der Waals surface area contributed by atoms with Crippen LogP contribution in [-0.2, 0) is 42.7 Å². The number of ether oxygens (including phenoxy) is 8. The third kappa shape index (κ3) is 12.0. The molecule has 6 fully saturated rings. The maximum Gasteiger partial charge on any atom is 0.338 e. The fourth-order valence-corrected chi connectivity index (χ4v) is 11.3. The highest BCUT2D eigenvalue weighted by atomic mass is 16.7. The van der Waals surface area contributed by atoms with Crippen LogP contribution < -0.4 is 0 Å². The molecule has 66 heavy (non-hydrogen) atoms. The minimum atomic E-state index is -1.83. The van der Waals surface area contributed by atoms with Gasteiger partial charge in [-0.15, -0.1) is 0 Å². The van der Waals surface area contributed by atoms with Gasteiger partial charge in [-0.1, -0.05) is 63.3 Å². The summed E-state index contributed by atoms with van der Waals surface area (Å²) in [6, 6.07) is 0. The van der Waals surface area contributed by atoms with Crippen molar-refractivity contribution in [2.45, 2.75) is 222 Å². The summed E-state index contributed by atoms with van der Waals surface area (Å²) < 4.78 is 51.2. The Labute approximate surface area is 392 Å². The second-order valence-corrected chi connectivity index (χ2v) is 21.1. The molecule has 0 aromatic carbocycles. The van der Waals surface area contributed by atoms with Crippen molar-refractivity contribution >= 4 is 5.97 Å². The van der Waals surface area contributed by atoms with Crippen LogP contribution in [0.3, 0.4) is 0 Å². The third-order valence-electron chi connectivity index (χ3n) is 15.2. The molecule has 14 heteroatoms. The summed E-state index contributed by atoms with van der Waals surface area (Å²) in [4.78, 5) is 13.0. The molecule has 17 atom stereocenters. The van der Waals surface area contributed by atoms with E-state index >= 15 is 0 Å². The van der Waals surface area contributed by atoms with E-state index in [1.807, 2.05) is 32.1 Å². The molecule has 372 valence electrons. The molecule has 0 amide bonds. The van der Waals surface area contributed by atoms with Crippen molar-refractivity contribution in [3.8, 4) is 0 Å². The monoisotopic (exact) mass is 929 g/mol. The van der Waals surface area contributed by atoms with Gasteiger partial charge in [0.1, 0.15) is 31.0 Å². The molecule has 5 N–H and O–H groups in total. The Kier molecular flexibility index (Phi) is 17.0. The number of fused-ring (bicyclic) bond motifs is 1. The number of rotatable bonds is 15. The van der Waals surface area contributed by atoms with Crippen molar-refractivity contribution in [1.82, 2.24) is 0 Å². The van der Waals surface area contributed by atoms with Gasteiger partial charge in [0.2, 0.25) is 5.79 Å². The Balaban J connectivity index is 0.897. The quantitative estimate of drug-likeness (QED) is 0.0674. The van der Waals surface area contributed by atoms with Gasteiger partial charge in [-0.05, 0) is 114 Å². The standard InChI is InChI=1S/C52H80O14/c1-32(13-9-8-11-25-53)31-59-48(57)49(7,58)30-39-16-17-43(55)52(63-39)29-33(2)27-42(64-52)34(3)14-15-38-19-23-51(62-38)24-20-41-47(66-51)44(56)37(6)46(61-41)40(54)28-36(5)45-35(4)18-22-50(65-45)21-10-12-26-60-50/h8-9,13-15,29,34-36,38-47,53-56,58H,6,10-12,16-28,30-31H2,1-5,7H3/b9-8+,15-14+,32-13+/t34-,35-,36+,38+,39+,40+,41-,42?,43-,44-,45+,46+,47-,49-,50+,51-,52-/m1/s1. The predicted molar refractivity (Wildman–Crippen MR) is 246 cm³/mol. The van der Waals surface area contributed by atoms with Crippen LogP contribution in [0, 0.1) is 17.8 Å². The Hall–Kier alpha value is -2.31. The van der Waals surface area contributed by atoms with Crippen LogP contribution in [0.25, 0.3) is 0 Å². The lowest BCUT2D eigenvalue weighted by Gasteiger charge is -2.50. The lowest BCUT2D eigenvalue weighted by Crippen LogP contribution is -2.60. The van der Waals surface area contributed by atoms with E-state index < -0.39 is 71.7 Å². The van der Waals surface area contributed by atoms with E-state index in [4.69, 9.17) is 43.0 Å². The van der Waals surface area contributed by atoms with Gasteiger partial charge in [-0.3, -0.25) is 0 Å². The smallest absolute Gasteiger partial charge is 0.338 e. The van der Waals surface area contributed by atoms with Gasteiger partial charge in [0.05, 0.1) is 43.2 Å². The molecule has 6 saturated heterocycles. The zero-order valence-electron chi connectivity index (χ0n) is 40.3. The van der Waals surface area contributed by atoms with E-state index in [1.165, 1.54) is 6.92 Å². The first kappa shape index (κ1) is 51.5. The van der Waals surface area contributed by atoms with Gasteiger partial charge >= 0.3 is 5.97 Å². The van der Waals surface area contributed by atoms with E-state index in [0.717, 1.165) is 56.3 Å². The van der Waals surface area contributed by atoms with Crippen LogP contribution in [0.5, 0.6) is 0 Å². The molecular formula is C52H80O14. The number of carbonyl (C=O) groups excluding carboxylic acids is 1. The van der Waals surface area contributed by atoms with E-state index in [1.54, 1.807) is 12.2 Å². The van der Waals surface area contributed by atoms with Crippen molar-refractivity contribution in [3.63, 3.8) is 0 Å². The average Bonchev–Trinajstić information content (AvgIpc) is 3.68. The highest BCUT2D eigenvalue weighted by molar-refractivity contribution is 5.78. The molecule has 0 aliphatic carbocycles. The van der Waals surface area contributed by atoms with Gasteiger partial charge in [0.15, 0.2) is 17.2 Å². The summed E-state index contributed by atoms with van der Waals surface area (Å²) in [5.74, 6) is -3.30.